The first-order valence-corrected chi connectivity index (χ1v) is 8.77. The van der Waals surface area contributed by atoms with Crippen LogP contribution >= 0.6 is 0 Å². The Morgan fingerprint density at radius 3 is 2.75 bits per heavy atom. The third kappa shape index (κ3) is 3.42. The zero-order valence-corrected chi connectivity index (χ0v) is 14.0. The summed E-state index contributed by atoms with van der Waals surface area (Å²) < 4.78 is 1.69. The number of rotatable bonds is 5. The first-order valence-electron chi connectivity index (χ1n) is 8.77. The van der Waals surface area contributed by atoms with Gasteiger partial charge in [0.15, 0.2) is 5.69 Å². The molecule has 6 heteroatoms. The number of pyridine rings is 1. The van der Waals surface area contributed by atoms with E-state index in [0.29, 0.717) is 17.8 Å². The average molecular weight is 328 g/mol. The standard InChI is InChI=1S/C18H24N4O2/c1-2-11-19-17(23)15-14-10-6-7-12-22(14)16(21-15)18(24)20-13-8-4-3-5-9-13/h6-7,10,12-13H,2-5,8-9,11H2,1H3,(H,19,23)(H,20,24). The lowest BCUT2D eigenvalue weighted by Gasteiger charge is -2.22. The molecule has 0 aromatic carbocycles. The molecular weight excluding hydrogens is 304 g/mol. The van der Waals surface area contributed by atoms with Gasteiger partial charge in [0, 0.05) is 18.8 Å². The summed E-state index contributed by atoms with van der Waals surface area (Å²) in [5.74, 6) is -0.173. The number of hydrogen-bond acceptors (Lipinski definition) is 3. The smallest absolute Gasteiger partial charge is 0.287 e. The molecule has 0 radical (unpaired) electrons. The highest BCUT2D eigenvalue weighted by molar-refractivity contribution is 6.02. The normalized spacial score (nSPS) is 15.4. The van der Waals surface area contributed by atoms with E-state index in [2.05, 4.69) is 15.6 Å². The summed E-state index contributed by atoms with van der Waals surface area (Å²) in [5, 5.41) is 5.90. The molecule has 24 heavy (non-hydrogen) atoms. The molecule has 6 nitrogen and oxygen atoms in total. The number of amides is 2. The number of fused-ring (bicyclic) bond motifs is 1. The van der Waals surface area contributed by atoms with Crippen molar-refractivity contribution < 1.29 is 9.59 Å². The van der Waals surface area contributed by atoms with E-state index in [1.165, 1.54) is 6.42 Å². The Balaban J connectivity index is 1.87. The van der Waals surface area contributed by atoms with Crippen molar-refractivity contribution in [2.24, 2.45) is 0 Å². The SMILES string of the molecule is CCCNC(=O)c1nc(C(=O)NC2CCCCC2)n2ccccc12. The predicted octanol–water partition coefficient (Wildman–Crippen LogP) is 2.54. The molecule has 1 fully saturated rings. The Hall–Kier alpha value is -2.37. The van der Waals surface area contributed by atoms with Crippen LogP contribution in [0, 0.1) is 0 Å². The lowest BCUT2D eigenvalue weighted by molar-refractivity contribution is 0.0916. The Morgan fingerprint density at radius 1 is 1.21 bits per heavy atom. The van der Waals surface area contributed by atoms with Gasteiger partial charge < -0.3 is 10.6 Å². The summed E-state index contributed by atoms with van der Waals surface area (Å²) in [4.78, 5) is 29.3. The maximum atomic E-state index is 12.7. The molecule has 0 bridgehead atoms. The number of aromatic nitrogens is 2. The maximum absolute atomic E-state index is 12.7. The van der Waals surface area contributed by atoms with Gasteiger partial charge in [-0.1, -0.05) is 32.3 Å². The fraction of sp³-hybridized carbons (Fsp3) is 0.500. The van der Waals surface area contributed by atoms with Crippen LogP contribution < -0.4 is 10.6 Å². The van der Waals surface area contributed by atoms with Crippen LogP contribution in [-0.4, -0.2) is 33.8 Å². The number of hydrogen-bond donors (Lipinski definition) is 2. The lowest BCUT2D eigenvalue weighted by Crippen LogP contribution is -2.37. The van der Waals surface area contributed by atoms with Crippen LogP contribution in [0.25, 0.3) is 5.52 Å². The zero-order chi connectivity index (χ0) is 16.9. The largest absolute Gasteiger partial charge is 0.351 e. The number of carbonyl (C=O) groups excluding carboxylic acids is 2. The molecule has 2 N–H and O–H groups in total. The topological polar surface area (TPSA) is 75.5 Å². The molecule has 1 saturated carbocycles. The van der Waals surface area contributed by atoms with Crippen molar-refractivity contribution in [3.63, 3.8) is 0 Å². The monoisotopic (exact) mass is 328 g/mol. The molecule has 0 spiro atoms. The van der Waals surface area contributed by atoms with Crippen LogP contribution in [0.5, 0.6) is 0 Å². The molecule has 3 rings (SSSR count). The first-order chi connectivity index (χ1) is 11.7. The molecular formula is C18H24N4O2. The van der Waals surface area contributed by atoms with Gasteiger partial charge in [-0.3, -0.25) is 14.0 Å². The number of imidazole rings is 1. The van der Waals surface area contributed by atoms with Crippen molar-refractivity contribution in [3.8, 4) is 0 Å². The van der Waals surface area contributed by atoms with Crippen molar-refractivity contribution in [1.29, 1.82) is 0 Å². The maximum Gasteiger partial charge on any atom is 0.287 e. The predicted molar refractivity (Wildman–Crippen MR) is 92.2 cm³/mol. The van der Waals surface area contributed by atoms with Gasteiger partial charge in [-0.25, -0.2) is 4.98 Å². The second-order valence-corrected chi connectivity index (χ2v) is 6.30. The number of carbonyl (C=O) groups is 2. The highest BCUT2D eigenvalue weighted by Gasteiger charge is 2.23. The second kappa shape index (κ2) is 7.47. The van der Waals surface area contributed by atoms with Crippen LogP contribution in [-0.2, 0) is 0 Å². The quantitative estimate of drug-likeness (QED) is 0.885. The minimum atomic E-state index is -0.239. The van der Waals surface area contributed by atoms with Crippen LogP contribution in [0.3, 0.4) is 0 Å². The first kappa shape index (κ1) is 16.5. The molecule has 2 aromatic rings. The summed E-state index contributed by atoms with van der Waals surface area (Å²) in [6.07, 6.45) is 8.19. The second-order valence-electron chi connectivity index (χ2n) is 6.30. The highest BCUT2D eigenvalue weighted by Crippen LogP contribution is 2.19. The fourth-order valence-corrected chi connectivity index (χ4v) is 3.18. The Kier molecular flexibility index (Phi) is 5.13. The molecule has 2 amide bonds. The minimum absolute atomic E-state index is 0.208. The third-order valence-corrected chi connectivity index (χ3v) is 4.44. The van der Waals surface area contributed by atoms with Gasteiger partial charge in [0.05, 0.1) is 5.52 Å². The van der Waals surface area contributed by atoms with Crippen molar-refractivity contribution in [2.45, 2.75) is 51.5 Å². The van der Waals surface area contributed by atoms with Crippen molar-refractivity contribution >= 4 is 17.3 Å². The van der Waals surface area contributed by atoms with Gasteiger partial charge in [0.1, 0.15) is 0 Å². The van der Waals surface area contributed by atoms with Crippen LogP contribution in [0.2, 0.25) is 0 Å². The van der Waals surface area contributed by atoms with E-state index in [4.69, 9.17) is 0 Å². The van der Waals surface area contributed by atoms with Gasteiger partial charge in [-0.15, -0.1) is 0 Å². The highest BCUT2D eigenvalue weighted by atomic mass is 16.2. The molecule has 0 atom stereocenters. The van der Waals surface area contributed by atoms with Crippen molar-refractivity contribution in [2.75, 3.05) is 6.54 Å². The molecule has 0 unspecified atom stereocenters. The van der Waals surface area contributed by atoms with E-state index in [0.717, 1.165) is 32.1 Å². The van der Waals surface area contributed by atoms with E-state index < -0.39 is 0 Å². The van der Waals surface area contributed by atoms with E-state index in [9.17, 15) is 9.59 Å². The fourth-order valence-electron chi connectivity index (χ4n) is 3.18. The molecule has 2 aromatic heterocycles. The molecule has 1 aliphatic carbocycles. The van der Waals surface area contributed by atoms with E-state index in [-0.39, 0.29) is 23.7 Å². The summed E-state index contributed by atoms with van der Waals surface area (Å²) in [7, 11) is 0. The van der Waals surface area contributed by atoms with Crippen LogP contribution in [0.1, 0.15) is 66.6 Å². The van der Waals surface area contributed by atoms with Gasteiger partial charge >= 0.3 is 0 Å². The summed E-state index contributed by atoms with van der Waals surface area (Å²) in [6, 6.07) is 5.70. The van der Waals surface area contributed by atoms with Crippen LogP contribution in [0.4, 0.5) is 0 Å². The number of nitrogens with one attached hydrogen (secondary N) is 2. The van der Waals surface area contributed by atoms with E-state index in [1.807, 2.05) is 25.1 Å². The number of nitrogens with zero attached hydrogens (tertiary/aromatic N) is 2. The van der Waals surface area contributed by atoms with E-state index >= 15 is 0 Å². The van der Waals surface area contributed by atoms with Gasteiger partial charge in [-0.05, 0) is 31.4 Å². The third-order valence-electron chi connectivity index (χ3n) is 4.44. The Morgan fingerprint density at radius 2 is 2.00 bits per heavy atom. The van der Waals surface area contributed by atoms with Gasteiger partial charge in [0.2, 0.25) is 5.82 Å². The molecule has 2 heterocycles. The molecule has 128 valence electrons. The van der Waals surface area contributed by atoms with Crippen molar-refractivity contribution in [3.05, 3.63) is 35.9 Å². The molecule has 0 saturated heterocycles. The lowest BCUT2D eigenvalue weighted by atomic mass is 9.95. The van der Waals surface area contributed by atoms with Crippen molar-refractivity contribution in [1.82, 2.24) is 20.0 Å². The Labute approximate surface area is 141 Å². The minimum Gasteiger partial charge on any atom is -0.351 e. The Bertz CT molecular complexity index is 732. The average Bonchev–Trinajstić information content (AvgIpc) is 3.00. The van der Waals surface area contributed by atoms with Crippen LogP contribution in [0.15, 0.2) is 24.4 Å². The van der Waals surface area contributed by atoms with E-state index in [1.54, 1.807) is 10.6 Å². The summed E-state index contributed by atoms with van der Waals surface area (Å²) >= 11 is 0. The van der Waals surface area contributed by atoms with Gasteiger partial charge in [0.25, 0.3) is 11.8 Å². The van der Waals surface area contributed by atoms with Gasteiger partial charge in [-0.2, -0.15) is 0 Å². The molecule has 1 aliphatic rings. The summed E-state index contributed by atoms with van der Waals surface area (Å²) in [6.45, 7) is 2.59. The summed E-state index contributed by atoms with van der Waals surface area (Å²) in [5.41, 5.74) is 0.956. The molecule has 0 aliphatic heterocycles. The zero-order valence-electron chi connectivity index (χ0n) is 14.0.